The van der Waals surface area contributed by atoms with Crippen LogP contribution in [0.15, 0.2) is 30.3 Å². The van der Waals surface area contributed by atoms with Crippen LogP contribution in [0.2, 0.25) is 0 Å². The molecule has 0 N–H and O–H groups in total. The number of benzene rings is 1. The van der Waals surface area contributed by atoms with Gasteiger partial charge in [0.25, 0.3) is 0 Å². The second kappa shape index (κ2) is 6.40. The van der Waals surface area contributed by atoms with Crippen molar-refractivity contribution < 1.29 is 14.6 Å². The average molecular weight is 236 g/mol. The number of hydrogen-bond acceptors (Lipinski definition) is 3. The Kier molecular flexibility index (Phi) is 5.16. The molecule has 0 fully saturated rings. The lowest BCUT2D eigenvalue weighted by atomic mass is 9.99. The quantitative estimate of drug-likeness (QED) is 0.559. The fraction of sp³-hybridized carbons (Fsp3) is 0.500. The van der Waals surface area contributed by atoms with Crippen LogP contribution in [0.25, 0.3) is 0 Å². The van der Waals surface area contributed by atoms with E-state index in [2.05, 4.69) is 0 Å². The van der Waals surface area contributed by atoms with E-state index < -0.39 is 5.60 Å². The van der Waals surface area contributed by atoms with E-state index in [1.165, 1.54) is 0 Å². The lowest BCUT2D eigenvalue weighted by Gasteiger charge is -2.23. The Morgan fingerprint density at radius 1 is 1.24 bits per heavy atom. The molecule has 0 bridgehead atoms. The highest BCUT2D eigenvalue weighted by Gasteiger charge is 2.24. The molecule has 0 heterocycles. The molecule has 0 aromatic heterocycles. The standard InChI is InChI=1S/C14H20O3/c1-4-5-11-13(15)16-17-14(2,3)12-9-7-6-8-10-12/h6-10H,4-5,11H2,1-3H3. The first kappa shape index (κ1) is 13.7. The molecule has 0 aliphatic heterocycles. The molecule has 0 aliphatic carbocycles. The van der Waals surface area contributed by atoms with E-state index >= 15 is 0 Å². The number of carbonyl (C=O) groups is 1. The van der Waals surface area contributed by atoms with E-state index in [0.717, 1.165) is 18.4 Å². The normalized spacial score (nSPS) is 11.2. The highest BCUT2D eigenvalue weighted by Crippen LogP contribution is 2.24. The first-order valence-corrected chi connectivity index (χ1v) is 6.00. The molecule has 3 nitrogen and oxygen atoms in total. The minimum atomic E-state index is -0.622. The molecule has 0 spiro atoms. The molecular weight excluding hydrogens is 216 g/mol. The third kappa shape index (κ3) is 4.57. The third-order valence-electron chi connectivity index (χ3n) is 2.55. The van der Waals surface area contributed by atoms with E-state index in [0.29, 0.717) is 6.42 Å². The first-order chi connectivity index (χ1) is 8.06. The summed E-state index contributed by atoms with van der Waals surface area (Å²) in [5.41, 5.74) is 0.353. The third-order valence-corrected chi connectivity index (χ3v) is 2.55. The van der Waals surface area contributed by atoms with E-state index in [1.54, 1.807) is 0 Å². The summed E-state index contributed by atoms with van der Waals surface area (Å²) in [6.45, 7) is 5.77. The zero-order valence-corrected chi connectivity index (χ0v) is 10.7. The largest absolute Gasteiger partial charge is 0.342 e. The zero-order valence-electron chi connectivity index (χ0n) is 10.7. The SMILES string of the molecule is CCCCC(=O)OOC(C)(C)c1ccccc1. The van der Waals surface area contributed by atoms with Crippen molar-refractivity contribution in [2.24, 2.45) is 0 Å². The Hall–Kier alpha value is -1.35. The maximum Gasteiger partial charge on any atom is 0.342 e. The predicted octanol–water partition coefficient (Wildman–Crippen LogP) is 3.59. The predicted molar refractivity (Wildman–Crippen MR) is 66.2 cm³/mol. The Morgan fingerprint density at radius 3 is 2.47 bits per heavy atom. The maximum absolute atomic E-state index is 11.3. The van der Waals surface area contributed by atoms with Crippen molar-refractivity contribution in [3.8, 4) is 0 Å². The van der Waals surface area contributed by atoms with Gasteiger partial charge in [-0.05, 0) is 25.8 Å². The molecule has 17 heavy (non-hydrogen) atoms. The van der Waals surface area contributed by atoms with Crippen molar-refractivity contribution in [3.05, 3.63) is 35.9 Å². The number of rotatable bonds is 6. The summed E-state index contributed by atoms with van der Waals surface area (Å²) in [6.07, 6.45) is 2.20. The number of carbonyl (C=O) groups excluding carboxylic acids is 1. The number of unbranched alkanes of at least 4 members (excludes halogenated alkanes) is 1. The second-order valence-electron chi connectivity index (χ2n) is 4.52. The van der Waals surface area contributed by atoms with Crippen molar-refractivity contribution in [2.75, 3.05) is 0 Å². The summed E-state index contributed by atoms with van der Waals surface area (Å²) in [4.78, 5) is 21.4. The average Bonchev–Trinajstić information content (AvgIpc) is 2.35. The van der Waals surface area contributed by atoms with E-state index in [1.807, 2.05) is 51.1 Å². The molecule has 0 unspecified atom stereocenters. The van der Waals surface area contributed by atoms with Crippen LogP contribution in [0.5, 0.6) is 0 Å². The molecule has 0 atom stereocenters. The summed E-state index contributed by atoms with van der Waals surface area (Å²) in [5, 5.41) is 0. The van der Waals surface area contributed by atoms with Crippen LogP contribution >= 0.6 is 0 Å². The van der Waals surface area contributed by atoms with Gasteiger partial charge in [-0.3, -0.25) is 4.89 Å². The Bertz CT molecular complexity index is 344. The monoisotopic (exact) mass is 236 g/mol. The van der Waals surface area contributed by atoms with Gasteiger partial charge < -0.3 is 0 Å². The van der Waals surface area contributed by atoms with E-state index in [-0.39, 0.29) is 5.97 Å². The van der Waals surface area contributed by atoms with Gasteiger partial charge in [-0.2, -0.15) is 4.89 Å². The van der Waals surface area contributed by atoms with Crippen LogP contribution < -0.4 is 0 Å². The molecule has 0 aliphatic rings. The summed E-state index contributed by atoms with van der Waals surface area (Å²) < 4.78 is 0. The summed E-state index contributed by atoms with van der Waals surface area (Å²) in [6, 6.07) is 9.69. The minimum absolute atomic E-state index is 0.309. The van der Waals surface area contributed by atoms with Gasteiger partial charge in [0.2, 0.25) is 0 Å². The maximum atomic E-state index is 11.3. The van der Waals surface area contributed by atoms with Gasteiger partial charge in [-0.15, -0.1) is 0 Å². The van der Waals surface area contributed by atoms with Crippen LogP contribution in [0.4, 0.5) is 0 Å². The summed E-state index contributed by atoms with van der Waals surface area (Å²) in [5.74, 6) is -0.309. The molecule has 1 aromatic carbocycles. The lowest BCUT2D eigenvalue weighted by molar-refractivity contribution is -0.329. The minimum Gasteiger partial charge on any atom is -0.297 e. The first-order valence-electron chi connectivity index (χ1n) is 6.00. The fourth-order valence-electron chi connectivity index (χ4n) is 1.40. The Balaban J connectivity index is 2.48. The molecule has 0 amide bonds. The van der Waals surface area contributed by atoms with Gasteiger partial charge in [-0.1, -0.05) is 43.7 Å². The Morgan fingerprint density at radius 2 is 1.88 bits per heavy atom. The number of hydrogen-bond donors (Lipinski definition) is 0. The van der Waals surface area contributed by atoms with E-state index in [9.17, 15) is 4.79 Å². The van der Waals surface area contributed by atoms with Crippen molar-refractivity contribution in [2.45, 2.75) is 45.6 Å². The van der Waals surface area contributed by atoms with Crippen LogP contribution in [-0.4, -0.2) is 5.97 Å². The zero-order chi connectivity index (χ0) is 12.7. The lowest BCUT2D eigenvalue weighted by Crippen LogP contribution is -2.23. The van der Waals surface area contributed by atoms with Crippen molar-refractivity contribution in [3.63, 3.8) is 0 Å². The van der Waals surface area contributed by atoms with Gasteiger partial charge >= 0.3 is 5.97 Å². The molecule has 1 aromatic rings. The van der Waals surface area contributed by atoms with Crippen LogP contribution in [0.1, 0.15) is 45.6 Å². The molecule has 0 saturated heterocycles. The molecule has 0 saturated carbocycles. The molecule has 3 heteroatoms. The molecule has 0 radical (unpaired) electrons. The molecule has 1 rings (SSSR count). The van der Waals surface area contributed by atoms with E-state index in [4.69, 9.17) is 9.78 Å². The van der Waals surface area contributed by atoms with Crippen molar-refractivity contribution in [1.82, 2.24) is 0 Å². The van der Waals surface area contributed by atoms with Crippen molar-refractivity contribution >= 4 is 5.97 Å². The smallest absolute Gasteiger partial charge is 0.297 e. The second-order valence-corrected chi connectivity index (χ2v) is 4.52. The summed E-state index contributed by atoms with van der Waals surface area (Å²) >= 11 is 0. The highest BCUT2D eigenvalue weighted by molar-refractivity contribution is 5.68. The molecular formula is C14H20O3. The van der Waals surface area contributed by atoms with Gasteiger partial charge in [0.15, 0.2) is 0 Å². The van der Waals surface area contributed by atoms with Crippen LogP contribution in [0, 0.1) is 0 Å². The highest BCUT2D eigenvalue weighted by atomic mass is 17.2. The fourth-order valence-corrected chi connectivity index (χ4v) is 1.40. The topological polar surface area (TPSA) is 35.5 Å². The summed E-state index contributed by atoms with van der Waals surface area (Å²) in [7, 11) is 0. The van der Waals surface area contributed by atoms with Crippen molar-refractivity contribution in [1.29, 1.82) is 0 Å². The Labute approximate surface area is 103 Å². The van der Waals surface area contributed by atoms with Crippen LogP contribution in [0.3, 0.4) is 0 Å². The van der Waals surface area contributed by atoms with Gasteiger partial charge in [-0.25, -0.2) is 4.79 Å². The van der Waals surface area contributed by atoms with Gasteiger partial charge in [0, 0.05) is 6.42 Å². The van der Waals surface area contributed by atoms with Gasteiger partial charge in [0.05, 0.1) is 0 Å². The molecule has 94 valence electrons. The van der Waals surface area contributed by atoms with Crippen LogP contribution in [-0.2, 0) is 20.2 Å². The van der Waals surface area contributed by atoms with Gasteiger partial charge in [0.1, 0.15) is 5.60 Å².